The number of aryl methyl sites for hydroxylation is 1. The lowest BCUT2D eigenvalue weighted by Gasteiger charge is -2.23. The van der Waals surface area contributed by atoms with Crippen molar-refractivity contribution in [2.75, 3.05) is 6.61 Å². The third-order valence-electron chi connectivity index (χ3n) is 4.37. The Hall–Kier alpha value is -2.28. The molecular weight excluding hydrogens is 294 g/mol. The van der Waals surface area contributed by atoms with E-state index in [2.05, 4.69) is 20.8 Å². The number of carbonyl (C=O) groups excluding carboxylic acids is 1. The highest BCUT2D eigenvalue weighted by Crippen LogP contribution is 2.22. The Balaban J connectivity index is 2.39. The monoisotopic (exact) mass is 317 g/mol. The molecule has 7 nitrogen and oxygen atoms in total. The maximum atomic E-state index is 12.7. The largest absolute Gasteiger partial charge is 0.394 e. The molecule has 1 aromatic heterocycles. The van der Waals surface area contributed by atoms with Crippen molar-refractivity contribution in [1.82, 2.24) is 25.5 Å². The Morgan fingerprint density at radius 2 is 2.13 bits per heavy atom. The number of hydrogen-bond donors (Lipinski definition) is 2. The number of amides is 1. The lowest BCUT2D eigenvalue weighted by atomic mass is 9.98. The first-order valence-electron chi connectivity index (χ1n) is 7.74. The number of nitrogens with one attached hydrogen (secondary N) is 1. The number of aliphatic hydroxyl groups excluding tert-OH is 1. The fourth-order valence-electron chi connectivity index (χ4n) is 2.44. The predicted molar refractivity (Wildman–Crippen MR) is 86.4 cm³/mol. The summed E-state index contributed by atoms with van der Waals surface area (Å²) in [6, 6.07) is 3.38. The summed E-state index contributed by atoms with van der Waals surface area (Å²) < 4.78 is 1.49. The zero-order valence-corrected chi connectivity index (χ0v) is 13.9. The molecule has 0 aliphatic rings. The molecule has 0 saturated heterocycles. The number of aromatic nitrogens is 4. The van der Waals surface area contributed by atoms with Crippen molar-refractivity contribution in [3.05, 3.63) is 35.2 Å². The summed E-state index contributed by atoms with van der Waals surface area (Å²) in [5.74, 6) is -0.0510. The van der Waals surface area contributed by atoms with Gasteiger partial charge in [-0.1, -0.05) is 26.3 Å². The zero-order valence-electron chi connectivity index (χ0n) is 13.9. The molecule has 0 unspecified atom stereocenters. The van der Waals surface area contributed by atoms with Gasteiger partial charge in [-0.25, -0.2) is 0 Å². The number of rotatable bonds is 6. The maximum absolute atomic E-state index is 12.7. The van der Waals surface area contributed by atoms with Crippen molar-refractivity contribution in [2.45, 2.75) is 40.2 Å². The lowest BCUT2D eigenvalue weighted by molar-refractivity contribution is 0.0891. The number of benzene rings is 1. The number of tetrazole rings is 1. The molecule has 124 valence electrons. The van der Waals surface area contributed by atoms with Crippen LogP contribution in [0, 0.1) is 19.8 Å². The van der Waals surface area contributed by atoms with Crippen molar-refractivity contribution in [2.24, 2.45) is 5.92 Å². The van der Waals surface area contributed by atoms with Gasteiger partial charge in [0, 0.05) is 0 Å². The normalized spacial score (nSPS) is 13.6. The van der Waals surface area contributed by atoms with Crippen LogP contribution in [0.15, 0.2) is 18.5 Å². The summed E-state index contributed by atoms with van der Waals surface area (Å²) in [6.07, 6.45) is 2.34. The minimum atomic E-state index is -0.282. The first kappa shape index (κ1) is 17.1. The summed E-state index contributed by atoms with van der Waals surface area (Å²) in [4.78, 5) is 12.7. The lowest BCUT2D eigenvalue weighted by Crippen LogP contribution is -2.42. The van der Waals surface area contributed by atoms with Crippen molar-refractivity contribution < 1.29 is 9.90 Å². The third kappa shape index (κ3) is 3.56. The fourth-order valence-corrected chi connectivity index (χ4v) is 2.44. The second kappa shape index (κ2) is 7.32. The van der Waals surface area contributed by atoms with E-state index in [1.54, 1.807) is 6.07 Å². The Morgan fingerprint density at radius 3 is 2.70 bits per heavy atom. The minimum Gasteiger partial charge on any atom is -0.394 e. The molecule has 2 N–H and O–H groups in total. The van der Waals surface area contributed by atoms with Crippen molar-refractivity contribution in [1.29, 1.82) is 0 Å². The van der Waals surface area contributed by atoms with Crippen LogP contribution in [0.1, 0.15) is 41.8 Å². The van der Waals surface area contributed by atoms with Gasteiger partial charge in [0.2, 0.25) is 0 Å². The molecule has 1 aromatic carbocycles. The Morgan fingerprint density at radius 1 is 1.39 bits per heavy atom. The third-order valence-corrected chi connectivity index (χ3v) is 4.37. The molecule has 0 bridgehead atoms. The quantitative estimate of drug-likeness (QED) is 0.840. The number of carbonyl (C=O) groups is 1. The van der Waals surface area contributed by atoms with Crippen LogP contribution < -0.4 is 5.32 Å². The SMILES string of the molecule is CC[C@H](C)[C@@H](CO)NC(=O)c1ccc(C)c(C)c1-n1cnnn1. The van der Waals surface area contributed by atoms with Crippen molar-refractivity contribution in [3.8, 4) is 5.69 Å². The minimum absolute atomic E-state index is 0.0915. The van der Waals surface area contributed by atoms with E-state index in [0.717, 1.165) is 17.5 Å². The zero-order chi connectivity index (χ0) is 17.0. The highest BCUT2D eigenvalue weighted by Gasteiger charge is 2.22. The average molecular weight is 317 g/mol. The summed E-state index contributed by atoms with van der Waals surface area (Å²) in [6.45, 7) is 7.85. The van der Waals surface area contributed by atoms with Gasteiger partial charge in [-0.3, -0.25) is 4.79 Å². The Labute approximate surface area is 135 Å². The van der Waals surface area contributed by atoms with Crippen LogP contribution in [0.2, 0.25) is 0 Å². The first-order chi connectivity index (χ1) is 11.0. The van der Waals surface area contributed by atoms with Gasteiger partial charge >= 0.3 is 0 Å². The molecule has 1 heterocycles. The molecule has 2 rings (SSSR count). The van der Waals surface area contributed by atoms with E-state index in [-0.39, 0.29) is 24.5 Å². The number of nitrogens with zero attached hydrogens (tertiary/aromatic N) is 4. The van der Waals surface area contributed by atoms with Gasteiger partial charge in [0.05, 0.1) is 23.9 Å². The molecule has 0 spiro atoms. The highest BCUT2D eigenvalue weighted by molar-refractivity contribution is 5.98. The Bertz CT molecular complexity index is 669. The van der Waals surface area contributed by atoms with Crippen LogP contribution >= 0.6 is 0 Å². The van der Waals surface area contributed by atoms with Crippen LogP contribution in [0.25, 0.3) is 5.69 Å². The van der Waals surface area contributed by atoms with Gasteiger partial charge in [-0.05, 0) is 47.4 Å². The topological polar surface area (TPSA) is 92.9 Å². The van der Waals surface area contributed by atoms with Crippen LogP contribution in [-0.2, 0) is 0 Å². The first-order valence-corrected chi connectivity index (χ1v) is 7.74. The molecular formula is C16H23N5O2. The van der Waals surface area contributed by atoms with E-state index < -0.39 is 0 Å². The highest BCUT2D eigenvalue weighted by atomic mass is 16.3. The van der Waals surface area contributed by atoms with E-state index in [4.69, 9.17) is 0 Å². The van der Waals surface area contributed by atoms with Gasteiger partial charge in [0.25, 0.3) is 5.91 Å². The molecule has 0 fully saturated rings. The number of aliphatic hydroxyl groups is 1. The molecule has 23 heavy (non-hydrogen) atoms. The molecule has 0 aliphatic carbocycles. The predicted octanol–water partition coefficient (Wildman–Crippen LogP) is 1.42. The second-order valence-electron chi connectivity index (χ2n) is 5.81. The van der Waals surface area contributed by atoms with Gasteiger partial charge in [0.1, 0.15) is 6.33 Å². The molecule has 7 heteroatoms. The van der Waals surface area contributed by atoms with Gasteiger partial charge in [-0.2, -0.15) is 4.68 Å². The van der Waals surface area contributed by atoms with E-state index in [1.807, 2.05) is 33.8 Å². The smallest absolute Gasteiger partial charge is 0.253 e. The molecule has 2 aromatic rings. The molecule has 0 saturated carbocycles. The second-order valence-corrected chi connectivity index (χ2v) is 5.81. The maximum Gasteiger partial charge on any atom is 0.253 e. The van der Waals surface area contributed by atoms with Gasteiger partial charge in [-0.15, -0.1) is 5.10 Å². The molecule has 1 amide bonds. The van der Waals surface area contributed by atoms with Crippen LogP contribution in [0.4, 0.5) is 0 Å². The molecule has 0 aliphatic heterocycles. The van der Waals surface area contributed by atoms with Gasteiger partial charge < -0.3 is 10.4 Å². The van der Waals surface area contributed by atoms with E-state index >= 15 is 0 Å². The van der Waals surface area contributed by atoms with Crippen LogP contribution in [0.3, 0.4) is 0 Å². The van der Waals surface area contributed by atoms with Crippen LogP contribution in [0.5, 0.6) is 0 Å². The summed E-state index contributed by atoms with van der Waals surface area (Å²) in [7, 11) is 0. The Kier molecular flexibility index (Phi) is 5.44. The van der Waals surface area contributed by atoms with Crippen molar-refractivity contribution >= 4 is 5.91 Å². The molecule has 0 radical (unpaired) electrons. The average Bonchev–Trinajstić information content (AvgIpc) is 3.07. The van der Waals surface area contributed by atoms with Gasteiger partial charge in [0.15, 0.2) is 0 Å². The fraction of sp³-hybridized carbons (Fsp3) is 0.500. The summed E-state index contributed by atoms with van der Waals surface area (Å²) in [5, 5.41) is 23.6. The number of hydrogen-bond acceptors (Lipinski definition) is 5. The van der Waals surface area contributed by atoms with E-state index in [1.165, 1.54) is 11.0 Å². The van der Waals surface area contributed by atoms with Crippen molar-refractivity contribution in [3.63, 3.8) is 0 Å². The molecule has 2 atom stereocenters. The van der Waals surface area contributed by atoms with E-state index in [0.29, 0.717) is 11.3 Å². The standard InChI is InChI=1S/C16H23N5O2/c1-5-10(2)14(8-22)18-16(23)13-7-6-11(3)12(4)15(13)21-9-17-19-20-21/h6-7,9-10,14,22H,5,8H2,1-4H3,(H,18,23)/t10-,14+/m0/s1. The van der Waals surface area contributed by atoms with Crippen LogP contribution in [-0.4, -0.2) is 43.9 Å². The van der Waals surface area contributed by atoms with E-state index in [9.17, 15) is 9.90 Å². The summed E-state index contributed by atoms with van der Waals surface area (Å²) in [5.41, 5.74) is 3.14. The summed E-state index contributed by atoms with van der Waals surface area (Å²) >= 11 is 0.